The number of piperidine rings is 1. The van der Waals surface area contributed by atoms with Crippen LogP contribution >= 0.6 is 0 Å². The lowest BCUT2D eigenvalue weighted by Gasteiger charge is -2.40. The van der Waals surface area contributed by atoms with E-state index in [1.54, 1.807) is 0 Å². The minimum Gasteiger partial charge on any atom is -0.345 e. The van der Waals surface area contributed by atoms with E-state index in [0.717, 1.165) is 51.6 Å². The summed E-state index contributed by atoms with van der Waals surface area (Å²) in [6, 6.07) is 0.806. The summed E-state index contributed by atoms with van der Waals surface area (Å²) in [5.41, 5.74) is 0.280. The molecule has 24 heavy (non-hydrogen) atoms. The molecule has 3 fully saturated rings. The molecule has 4 nitrogen and oxygen atoms in total. The van der Waals surface area contributed by atoms with Crippen LogP contribution in [0.4, 0.5) is 0 Å². The third kappa shape index (κ3) is 4.32. The molecule has 1 unspecified atom stereocenters. The molecule has 0 aromatic heterocycles. The molecule has 0 bridgehead atoms. The van der Waals surface area contributed by atoms with Crippen LogP contribution in [-0.2, 0) is 4.79 Å². The average molecular weight is 336 g/mol. The topological polar surface area (TPSA) is 26.8 Å². The summed E-state index contributed by atoms with van der Waals surface area (Å²) in [6.07, 6.45) is 10.3. The molecule has 138 valence electrons. The zero-order chi connectivity index (χ0) is 17.2. The predicted molar refractivity (Wildman–Crippen MR) is 99.0 cm³/mol. The van der Waals surface area contributed by atoms with E-state index in [0.29, 0.717) is 5.91 Å². The molecular formula is C20H37N3O. The van der Waals surface area contributed by atoms with E-state index in [4.69, 9.17) is 0 Å². The van der Waals surface area contributed by atoms with Crippen molar-refractivity contribution >= 4 is 5.91 Å². The van der Waals surface area contributed by atoms with Gasteiger partial charge in [0.05, 0.1) is 0 Å². The van der Waals surface area contributed by atoms with E-state index in [1.165, 1.54) is 38.5 Å². The van der Waals surface area contributed by atoms with Gasteiger partial charge in [-0.15, -0.1) is 0 Å². The summed E-state index contributed by atoms with van der Waals surface area (Å²) in [7, 11) is 4.22. The highest BCUT2D eigenvalue weighted by Gasteiger charge is 2.36. The van der Waals surface area contributed by atoms with Crippen LogP contribution in [0.1, 0.15) is 58.3 Å². The minimum absolute atomic E-state index is 0.262. The van der Waals surface area contributed by atoms with Crippen molar-refractivity contribution < 1.29 is 4.79 Å². The van der Waals surface area contributed by atoms with Gasteiger partial charge in [-0.3, -0.25) is 4.79 Å². The number of carbonyl (C=O) groups is 1. The fraction of sp³-hybridized carbons (Fsp3) is 0.950. The van der Waals surface area contributed by atoms with E-state index in [9.17, 15) is 4.79 Å². The second kappa shape index (κ2) is 7.74. The standard InChI is InChI=1S/C20H37N3O/c1-20(11-14-21(2)15-20)16-22(3)19(24)17-9-12-23(13-10-17)18-7-5-4-6-8-18/h17-18H,4-16H2,1-3H3. The number of amides is 1. The summed E-state index contributed by atoms with van der Waals surface area (Å²) in [5.74, 6) is 0.659. The number of hydrogen-bond donors (Lipinski definition) is 0. The molecule has 1 aliphatic carbocycles. The Balaban J connectivity index is 1.46. The summed E-state index contributed by atoms with van der Waals surface area (Å²) >= 11 is 0. The highest BCUT2D eigenvalue weighted by atomic mass is 16.2. The first-order valence-corrected chi connectivity index (χ1v) is 10.1. The third-order valence-electron chi connectivity index (χ3n) is 6.71. The normalized spacial score (nSPS) is 31.5. The number of nitrogens with zero attached hydrogens (tertiary/aromatic N) is 3. The molecule has 0 aromatic rings. The second-order valence-electron chi connectivity index (χ2n) is 9.09. The van der Waals surface area contributed by atoms with E-state index >= 15 is 0 Å². The predicted octanol–water partition coefficient (Wildman–Crippen LogP) is 2.83. The second-order valence-corrected chi connectivity index (χ2v) is 9.09. The molecule has 3 aliphatic rings. The van der Waals surface area contributed by atoms with Crippen LogP contribution in [-0.4, -0.2) is 73.5 Å². The van der Waals surface area contributed by atoms with Crippen molar-refractivity contribution in [3.63, 3.8) is 0 Å². The summed E-state index contributed by atoms with van der Waals surface area (Å²) in [5, 5.41) is 0. The van der Waals surface area contributed by atoms with Gasteiger partial charge in [-0.25, -0.2) is 0 Å². The molecular weight excluding hydrogens is 298 g/mol. The van der Waals surface area contributed by atoms with Crippen molar-refractivity contribution in [2.24, 2.45) is 11.3 Å². The van der Waals surface area contributed by atoms with E-state index in [1.807, 2.05) is 11.9 Å². The van der Waals surface area contributed by atoms with Gasteiger partial charge in [-0.05, 0) is 64.2 Å². The fourth-order valence-corrected chi connectivity index (χ4v) is 5.32. The van der Waals surface area contributed by atoms with Crippen molar-refractivity contribution in [3.05, 3.63) is 0 Å². The molecule has 1 amide bonds. The van der Waals surface area contributed by atoms with Gasteiger partial charge in [0.1, 0.15) is 0 Å². The van der Waals surface area contributed by atoms with Gasteiger partial charge in [-0.1, -0.05) is 26.2 Å². The number of likely N-dealkylation sites (tertiary alicyclic amines) is 2. The Morgan fingerprint density at radius 1 is 1.08 bits per heavy atom. The maximum Gasteiger partial charge on any atom is 0.225 e. The maximum absolute atomic E-state index is 12.9. The van der Waals surface area contributed by atoms with E-state index < -0.39 is 0 Å². The Hall–Kier alpha value is -0.610. The molecule has 1 atom stereocenters. The first kappa shape index (κ1) is 18.2. The molecule has 0 spiro atoms. The van der Waals surface area contributed by atoms with Gasteiger partial charge in [-0.2, -0.15) is 0 Å². The van der Waals surface area contributed by atoms with E-state index in [-0.39, 0.29) is 11.3 Å². The van der Waals surface area contributed by atoms with Crippen molar-refractivity contribution in [2.75, 3.05) is 46.8 Å². The lowest BCUT2D eigenvalue weighted by Crippen LogP contribution is -2.47. The molecule has 0 N–H and O–H groups in total. The summed E-state index contributed by atoms with van der Waals surface area (Å²) in [4.78, 5) is 20.0. The number of carbonyl (C=O) groups excluding carboxylic acids is 1. The molecule has 0 aromatic carbocycles. The van der Waals surface area contributed by atoms with Crippen LogP contribution in [0.25, 0.3) is 0 Å². The van der Waals surface area contributed by atoms with Crippen molar-refractivity contribution in [2.45, 2.75) is 64.3 Å². The van der Waals surface area contributed by atoms with Crippen molar-refractivity contribution in [1.82, 2.24) is 14.7 Å². The van der Waals surface area contributed by atoms with Gasteiger partial charge >= 0.3 is 0 Å². The highest BCUT2D eigenvalue weighted by molar-refractivity contribution is 5.78. The molecule has 2 heterocycles. The summed E-state index contributed by atoms with van der Waals surface area (Å²) < 4.78 is 0. The molecule has 1 saturated carbocycles. The highest BCUT2D eigenvalue weighted by Crippen LogP contribution is 2.31. The molecule has 2 saturated heterocycles. The average Bonchev–Trinajstić information content (AvgIpc) is 2.93. The third-order valence-corrected chi connectivity index (χ3v) is 6.71. The van der Waals surface area contributed by atoms with Gasteiger partial charge in [0.15, 0.2) is 0 Å². The van der Waals surface area contributed by atoms with Gasteiger partial charge < -0.3 is 14.7 Å². The Morgan fingerprint density at radius 3 is 2.33 bits per heavy atom. The van der Waals surface area contributed by atoms with Crippen LogP contribution < -0.4 is 0 Å². The monoisotopic (exact) mass is 335 g/mol. The van der Waals surface area contributed by atoms with Gasteiger partial charge in [0.25, 0.3) is 0 Å². The molecule has 0 radical (unpaired) electrons. The quantitative estimate of drug-likeness (QED) is 0.790. The van der Waals surface area contributed by atoms with Gasteiger partial charge in [0, 0.05) is 32.1 Å². The van der Waals surface area contributed by atoms with Crippen LogP contribution in [0.2, 0.25) is 0 Å². The first-order chi connectivity index (χ1) is 11.5. The molecule has 2 aliphatic heterocycles. The van der Waals surface area contributed by atoms with Crippen LogP contribution in [0.15, 0.2) is 0 Å². The number of hydrogen-bond acceptors (Lipinski definition) is 3. The Labute approximate surface area is 148 Å². The lowest BCUT2D eigenvalue weighted by atomic mass is 9.87. The lowest BCUT2D eigenvalue weighted by molar-refractivity contribution is -0.137. The summed E-state index contributed by atoms with van der Waals surface area (Å²) in [6.45, 7) is 7.80. The SMILES string of the molecule is CN1CCC(C)(CN(C)C(=O)C2CCN(C3CCCCC3)CC2)C1. The van der Waals surface area contributed by atoms with Crippen LogP contribution in [0.3, 0.4) is 0 Å². The molecule has 4 heteroatoms. The Bertz CT molecular complexity index is 427. The van der Waals surface area contributed by atoms with Crippen molar-refractivity contribution in [3.8, 4) is 0 Å². The Kier molecular flexibility index (Phi) is 5.86. The maximum atomic E-state index is 12.9. The zero-order valence-electron chi connectivity index (χ0n) is 16.1. The van der Waals surface area contributed by atoms with Crippen LogP contribution in [0.5, 0.6) is 0 Å². The number of rotatable bonds is 4. The van der Waals surface area contributed by atoms with Gasteiger partial charge in [0.2, 0.25) is 5.91 Å². The van der Waals surface area contributed by atoms with Crippen molar-refractivity contribution in [1.29, 1.82) is 0 Å². The largest absolute Gasteiger partial charge is 0.345 e. The Morgan fingerprint density at radius 2 is 1.75 bits per heavy atom. The molecule has 3 rings (SSSR count). The fourth-order valence-electron chi connectivity index (χ4n) is 5.32. The minimum atomic E-state index is 0.262. The zero-order valence-corrected chi connectivity index (χ0v) is 16.1. The smallest absolute Gasteiger partial charge is 0.225 e. The van der Waals surface area contributed by atoms with E-state index in [2.05, 4.69) is 23.8 Å². The first-order valence-electron chi connectivity index (χ1n) is 10.1. The van der Waals surface area contributed by atoms with Crippen LogP contribution in [0, 0.1) is 11.3 Å².